The van der Waals surface area contributed by atoms with Crippen molar-refractivity contribution in [3.63, 3.8) is 0 Å². The highest BCUT2D eigenvalue weighted by molar-refractivity contribution is 7.99. The van der Waals surface area contributed by atoms with Gasteiger partial charge in [0.2, 0.25) is 5.91 Å². The Balaban J connectivity index is 1.78. The Morgan fingerprint density at radius 2 is 1.90 bits per heavy atom. The molecule has 1 spiro atoms. The minimum Gasteiger partial charge on any atom is -0.380 e. The Morgan fingerprint density at radius 3 is 2.50 bits per heavy atom. The van der Waals surface area contributed by atoms with Crippen molar-refractivity contribution in [2.24, 2.45) is 5.41 Å². The van der Waals surface area contributed by atoms with Crippen LogP contribution in [0, 0.1) is 17.0 Å². The van der Waals surface area contributed by atoms with Gasteiger partial charge in [-0.15, -0.1) is 11.8 Å². The number of aromatic nitrogens is 2. The van der Waals surface area contributed by atoms with Gasteiger partial charge in [-0.3, -0.25) is 9.36 Å². The fourth-order valence-electron chi connectivity index (χ4n) is 4.77. The van der Waals surface area contributed by atoms with Crippen molar-refractivity contribution in [1.82, 2.24) is 14.5 Å². The number of benzene rings is 2. The molecule has 0 atom stereocenters. The van der Waals surface area contributed by atoms with Gasteiger partial charge in [-0.2, -0.15) is 18.2 Å². The molecule has 2 fully saturated rings. The van der Waals surface area contributed by atoms with Crippen molar-refractivity contribution in [2.45, 2.75) is 17.6 Å². The molecule has 0 bridgehead atoms. The molecule has 13 heteroatoms. The summed E-state index contributed by atoms with van der Waals surface area (Å²) in [6, 6.07) is 2.26. The Morgan fingerprint density at radius 1 is 1.18 bits per heavy atom. The Kier molecular flexibility index (Phi) is 4.51. The summed E-state index contributed by atoms with van der Waals surface area (Å²) in [5.74, 6) is -5.18. The molecular weight excluding hydrogens is 555 g/mol. The molecule has 40 heavy (non-hydrogen) atoms. The highest BCUT2D eigenvalue weighted by Crippen LogP contribution is 2.51. The summed E-state index contributed by atoms with van der Waals surface area (Å²) >= 11 is 0.774. The van der Waals surface area contributed by atoms with E-state index in [0.29, 0.717) is 18.2 Å². The van der Waals surface area contributed by atoms with Crippen LogP contribution in [0.15, 0.2) is 46.6 Å². The Labute approximate surface area is 240 Å². The van der Waals surface area contributed by atoms with Gasteiger partial charge in [0.25, 0.3) is 0 Å². The third-order valence-corrected chi connectivity index (χ3v) is 8.13. The molecule has 3 aliphatic rings. The third-order valence-electron chi connectivity index (χ3n) is 6.69. The second-order valence-electron chi connectivity index (χ2n) is 9.39. The fraction of sp³-hybridized carbons (Fsp3) is 0.370. The van der Waals surface area contributed by atoms with Gasteiger partial charge in [0.05, 0.1) is 35.3 Å². The lowest BCUT2D eigenvalue weighted by molar-refractivity contribution is -0.137. The molecule has 2 aromatic carbocycles. The molecule has 0 radical (unpaired) electrons. The number of rotatable bonds is 3. The van der Waals surface area contributed by atoms with Gasteiger partial charge >= 0.3 is 11.9 Å². The number of carbonyl (C=O) groups excluding carboxylic acids is 1. The van der Waals surface area contributed by atoms with Gasteiger partial charge in [-0.1, -0.05) is 6.58 Å². The number of alkyl halides is 3. The second-order valence-corrected chi connectivity index (χ2v) is 10.4. The van der Waals surface area contributed by atoms with Crippen LogP contribution in [-0.4, -0.2) is 65.3 Å². The molecule has 6 rings (SSSR count). The summed E-state index contributed by atoms with van der Waals surface area (Å²) in [5, 5.41) is -0.754. The zero-order valence-electron chi connectivity index (χ0n) is 28.2. The fourth-order valence-corrected chi connectivity index (χ4v) is 6.20. The van der Waals surface area contributed by atoms with Crippen LogP contribution in [-0.2, 0) is 22.3 Å². The number of carbonyl (C=O) groups is 1. The Bertz CT molecular complexity index is 1940. The van der Waals surface area contributed by atoms with Crippen molar-refractivity contribution >= 4 is 34.4 Å². The van der Waals surface area contributed by atoms with Crippen LogP contribution in [0.3, 0.4) is 0 Å². The number of amides is 1. The van der Waals surface area contributed by atoms with E-state index in [1.165, 1.54) is 0 Å². The Hall–Kier alpha value is -3.45. The zero-order chi connectivity index (χ0) is 35.6. The molecule has 7 nitrogen and oxygen atoms in total. The number of thioether (sulfide) groups is 1. The van der Waals surface area contributed by atoms with E-state index in [1.54, 1.807) is 0 Å². The average Bonchev–Trinajstić information content (AvgIpc) is 3.13. The van der Waals surface area contributed by atoms with Crippen LogP contribution in [0.4, 0.5) is 27.8 Å². The molecule has 210 valence electrons. The minimum absolute atomic E-state index is 0.0325. The van der Waals surface area contributed by atoms with Crippen molar-refractivity contribution in [3.8, 4) is 11.1 Å². The van der Waals surface area contributed by atoms with Crippen molar-refractivity contribution in [2.75, 3.05) is 49.9 Å². The van der Waals surface area contributed by atoms with Crippen LogP contribution in [0.5, 0.6) is 0 Å². The number of anilines is 1. The summed E-state index contributed by atoms with van der Waals surface area (Å²) < 4.78 is 149. The predicted octanol–water partition coefficient (Wildman–Crippen LogP) is 4.32. The maximum atomic E-state index is 15.3. The highest BCUT2D eigenvalue weighted by Gasteiger charge is 2.44. The first kappa shape index (κ1) is 18.8. The van der Waals surface area contributed by atoms with Crippen molar-refractivity contribution in [1.29, 1.82) is 0 Å². The smallest absolute Gasteiger partial charge is 0.380 e. The van der Waals surface area contributed by atoms with Crippen molar-refractivity contribution in [3.05, 3.63) is 64.6 Å². The second kappa shape index (κ2) is 9.58. The van der Waals surface area contributed by atoms with Crippen LogP contribution >= 0.6 is 11.8 Å². The topological polar surface area (TPSA) is 67.7 Å². The van der Waals surface area contributed by atoms with Crippen molar-refractivity contribution < 1.29 is 42.4 Å². The average molecular weight is 587 g/mol. The van der Waals surface area contributed by atoms with E-state index in [2.05, 4.69) is 11.6 Å². The predicted molar refractivity (Wildman–Crippen MR) is 139 cm³/mol. The lowest BCUT2D eigenvalue weighted by Gasteiger charge is -2.40. The lowest BCUT2D eigenvalue weighted by Crippen LogP contribution is -2.50. The van der Waals surface area contributed by atoms with E-state index in [0.717, 1.165) is 28.5 Å². The summed E-state index contributed by atoms with van der Waals surface area (Å²) in [7, 11) is 0. The minimum atomic E-state index is -5.31. The molecule has 0 aliphatic carbocycles. The number of hydrogen-bond donors (Lipinski definition) is 0. The number of halogens is 5. The molecule has 0 unspecified atom stereocenters. The quantitative estimate of drug-likeness (QED) is 0.337. The van der Waals surface area contributed by atoms with Gasteiger partial charge < -0.3 is 14.5 Å². The highest BCUT2D eigenvalue weighted by atomic mass is 32.2. The molecule has 0 saturated carbocycles. The molecule has 3 aromatic rings. The van der Waals surface area contributed by atoms with Gasteiger partial charge in [-0.05, 0) is 24.3 Å². The molecule has 0 N–H and O–H groups in total. The maximum absolute atomic E-state index is 15.3. The monoisotopic (exact) mass is 586 g/mol. The van der Waals surface area contributed by atoms with Crippen LogP contribution in [0.1, 0.15) is 16.5 Å². The molecule has 2 saturated heterocycles. The lowest BCUT2D eigenvalue weighted by atomic mass is 9.88. The van der Waals surface area contributed by atoms with E-state index in [1.807, 2.05) is 0 Å². The number of piperazine rings is 1. The SMILES string of the molecule is [2H]C1([2H])N(C(=O)C=C)C([2H])([2H])C([2H])([2H])N(c2nc(=O)n3c4c(c(-c5ccc(F)cc5F)c(C(F)(F)F)cc24)SCC2(COC2)C3)C1([2H])[2H]. The first-order chi connectivity index (χ1) is 22.0. The van der Waals surface area contributed by atoms with E-state index < -0.39 is 88.7 Å². The van der Waals surface area contributed by atoms with E-state index >= 15 is 4.39 Å². The standard InChI is InChI=1S/C27H23F5N4O3S/c1-2-20(37)34-5-7-35(8-6-34)24-17-10-18(27(30,31)32)21(16-4-3-15(28)9-19(16)29)23-22(17)36(25(38)33-24)11-26(14-40-23)12-39-13-26/h2-4,9-10H,1,5-8,11-14H2/i5D2,6D2,7D2,8D2. The van der Waals surface area contributed by atoms with E-state index in [9.17, 15) is 27.2 Å². The number of hydrogen-bond acceptors (Lipinski definition) is 6. The van der Waals surface area contributed by atoms with Gasteiger partial charge in [-0.25, -0.2) is 13.6 Å². The summed E-state index contributed by atoms with van der Waals surface area (Å²) in [4.78, 5) is 29.3. The van der Waals surface area contributed by atoms with Crippen LogP contribution in [0.2, 0.25) is 0 Å². The van der Waals surface area contributed by atoms with E-state index in [4.69, 9.17) is 15.7 Å². The van der Waals surface area contributed by atoms with Crippen LogP contribution in [0.25, 0.3) is 22.0 Å². The van der Waals surface area contributed by atoms with Gasteiger partial charge in [0, 0.05) is 71.2 Å². The normalized spacial score (nSPS) is 26.5. The summed E-state index contributed by atoms with van der Waals surface area (Å²) in [6.45, 7) is -12.0. The largest absolute Gasteiger partial charge is 0.417 e. The molecule has 3 aliphatic heterocycles. The first-order valence-corrected chi connectivity index (χ1v) is 12.6. The first-order valence-electron chi connectivity index (χ1n) is 15.7. The third kappa shape index (κ3) is 4.35. The molecule has 4 heterocycles. The zero-order valence-corrected chi connectivity index (χ0v) is 21.1. The number of ether oxygens (including phenoxy) is 1. The van der Waals surface area contributed by atoms with Gasteiger partial charge in [0.1, 0.15) is 17.5 Å². The van der Waals surface area contributed by atoms with E-state index in [-0.39, 0.29) is 45.7 Å². The molecular formula is C27H23F5N4O3S. The number of nitrogens with zero attached hydrogens (tertiary/aromatic N) is 4. The summed E-state index contributed by atoms with van der Waals surface area (Å²) in [5.41, 5.74) is -5.52. The maximum Gasteiger partial charge on any atom is 0.417 e. The van der Waals surface area contributed by atoms with Crippen LogP contribution < -0.4 is 10.6 Å². The molecule has 1 amide bonds. The summed E-state index contributed by atoms with van der Waals surface area (Å²) in [6.07, 6.45) is -4.88. The van der Waals surface area contributed by atoms with Gasteiger partial charge in [0.15, 0.2) is 0 Å². The molecule has 1 aromatic heterocycles.